The number of aryl methyl sites for hydroxylation is 1. The Balaban J connectivity index is 1.80. The summed E-state index contributed by atoms with van der Waals surface area (Å²) in [4.78, 5) is 17.4. The molecule has 0 saturated heterocycles. The number of benzene rings is 1. The van der Waals surface area contributed by atoms with Crippen LogP contribution in [0.2, 0.25) is 0 Å². The van der Waals surface area contributed by atoms with Gasteiger partial charge in [0.2, 0.25) is 0 Å². The molecule has 1 aromatic carbocycles. The van der Waals surface area contributed by atoms with E-state index in [-0.39, 0.29) is 11.3 Å². The van der Waals surface area contributed by atoms with Gasteiger partial charge in [-0.2, -0.15) is 0 Å². The Morgan fingerprint density at radius 3 is 2.71 bits per heavy atom. The second-order valence-corrected chi connectivity index (χ2v) is 7.61. The van der Waals surface area contributed by atoms with Crippen molar-refractivity contribution in [2.45, 2.75) is 26.2 Å². The highest BCUT2D eigenvalue weighted by molar-refractivity contribution is 7.13. The second kappa shape index (κ2) is 6.16. The highest BCUT2D eigenvalue weighted by atomic mass is 32.1. The van der Waals surface area contributed by atoms with E-state index in [1.165, 1.54) is 11.3 Å². The average molecular weight is 341 g/mol. The third-order valence-electron chi connectivity index (χ3n) is 3.46. The van der Waals surface area contributed by atoms with Gasteiger partial charge in [-0.3, -0.25) is 4.79 Å². The van der Waals surface area contributed by atoms with Gasteiger partial charge in [0.25, 0.3) is 5.91 Å². The molecule has 24 heavy (non-hydrogen) atoms. The van der Waals surface area contributed by atoms with E-state index in [4.69, 9.17) is 0 Å². The van der Waals surface area contributed by atoms with Crippen molar-refractivity contribution < 1.29 is 4.79 Å². The van der Waals surface area contributed by atoms with Crippen molar-refractivity contribution in [1.82, 2.24) is 19.7 Å². The number of hydrogen-bond acceptors (Lipinski definition) is 5. The maximum Gasteiger partial charge on any atom is 0.267 e. The Labute approximate surface area is 144 Å². The summed E-state index contributed by atoms with van der Waals surface area (Å²) in [6.07, 6.45) is 3.28. The number of aromatic nitrogens is 4. The van der Waals surface area contributed by atoms with Crippen LogP contribution in [0.4, 0.5) is 5.69 Å². The lowest BCUT2D eigenvalue weighted by atomic mass is 9.98. The van der Waals surface area contributed by atoms with E-state index in [0.29, 0.717) is 10.6 Å². The first-order chi connectivity index (χ1) is 11.3. The van der Waals surface area contributed by atoms with E-state index in [1.54, 1.807) is 12.5 Å². The molecule has 7 heteroatoms. The van der Waals surface area contributed by atoms with Crippen molar-refractivity contribution in [2.24, 2.45) is 7.05 Å². The molecule has 0 aliphatic carbocycles. The zero-order valence-electron chi connectivity index (χ0n) is 14.1. The fourth-order valence-corrected chi connectivity index (χ4v) is 3.07. The van der Waals surface area contributed by atoms with Gasteiger partial charge in [-0.25, -0.2) is 4.98 Å². The highest BCUT2D eigenvalue weighted by Crippen LogP contribution is 2.27. The molecule has 0 unspecified atom stereocenters. The van der Waals surface area contributed by atoms with E-state index in [9.17, 15) is 4.79 Å². The van der Waals surface area contributed by atoms with Crippen molar-refractivity contribution in [3.8, 4) is 11.4 Å². The van der Waals surface area contributed by atoms with Crippen LogP contribution >= 0.6 is 11.3 Å². The summed E-state index contributed by atoms with van der Waals surface area (Å²) in [5.74, 6) is 0.594. The number of anilines is 1. The van der Waals surface area contributed by atoms with Crippen molar-refractivity contribution in [3.63, 3.8) is 0 Å². The molecule has 0 aliphatic heterocycles. The van der Waals surface area contributed by atoms with Gasteiger partial charge in [-0.05, 0) is 12.1 Å². The molecule has 1 amide bonds. The largest absolute Gasteiger partial charge is 0.321 e. The van der Waals surface area contributed by atoms with E-state index in [0.717, 1.165) is 16.4 Å². The van der Waals surface area contributed by atoms with Crippen molar-refractivity contribution >= 4 is 22.9 Å². The van der Waals surface area contributed by atoms with Crippen LogP contribution in [0.5, 0.6) is 0 Å². The van der Waals surface area contributed by atoms with Gasteiger partial charge in [-0.15, -0.1) is 21.5 Å². The predicted octanol–water partition coefficient (Wildman–Crippen LogP) is 3.49. The molecule has 0 bridgehead atoms. The summed E-state index contributed by atoms with van der Waals surface area (Å²) >= 11 is 1.42. The summed E-state index contributed by atoms with van der Waals surface area (Å²) in [5.41, 5.74) is 1.55. The summed E-state index contributed by atoms with van der Waals surface area (Å²) in [7, 11) is 1.88. The molecular weight excluding hydrogens is 322 g/mol. The van der Waals surface area contributed by atoms with Crippen molar-refractivity contribution in [2.75, 3.05) is 5.32 Å². The Morgan fingerprint density at radius 1 is 1.29 bits per heavy atom. The summed E-state index contributed by atoms with van der Waals surface area (Å²) in [6.45, 7) is 6.24. The molecule has 124 valence electrons. The first kappa shape index (κ1) is 16.3. The van der Waals surface area contributed by atoms with Gasteiger partial charge in [0.1, 0.15) is 11.2 Å². The number of hydrogen-bond donors (Lipinski definition) is 1. The molecule has 0 atom stereocenters. The summed E-state index contributed by atoms with van der Waals surface area (Å²) < 4.78 is 1.83. The fourth-order valence-electron chi connectivity index (χ4n) is 2.20. The second-order valence-electron chi connectivity index (χ2n) is 6.58. The van der Waals surface area contributed by atoms with Gasteiger partial charge in [0.05, 0.1) is 11.2 Å². The summed E-state index contributed by atoms with van der Waals surface area (Å²) in [6, 6.07) is 7.55. The maximum atomic E-state index is 12.4. The van der Waals surface area contributed by atoms with Gasteiger partial charge in [0, 0.05) is 23.7 Å². The average Bonchev–Trinajstić information content (AvgIpc) is 3.15. The minimum Gasteiger partial charge on any atom is -0.321 e. The molecule has 0 fully saturated rings. The lowest BCUT2D eigenvalue weighted by Crippen LogP contribution is -2.11. The zero-order chi connectivity index (χ0) is 17.3. The molecule has 2 heterocycles. The minimum atomic E-state index is -0.155. The van der Waals surface area contributed by atoms with Gasteiger partial charge >= 0.3 is 0 Å². The van der Waals surface area contributed by atoms with Gasteiger partial charge in [0.15, 0.2) is 5.82 Å². The topological polar surface area (TPSA) is 72.7 Å². The van der Waals surface area contributed by atoms with Crippen molar-refractivity contribution in [1.29, 1.82) is 0 Å². The van der Waals surface area contributed by atoms with E-state index in [2.05, 4.69) is 41.3 Å². The van der Waals surface area contributed by atoms with Crippen LogP contribution in [-0.2, 0) is 12.5 Å². The molecule has 3 aromatic rings. The van der Waals surface area contributed by atoms with Crippen LogP contribution in [0.25, 0.3) is 11.4 Å². The van der Waals surface area contributed by atoms with Crippen molar-refractivity contribution in [3.05, 3.63) is 46.7 Å². The van der Waals surface area contributed by atoms with Crippen LogP contribution in [0.15, 0.2) is 36.8 Å². The van der Waals surface area contributed by atoms with Crippen LogP contribution in [-0.4, -0.2) is 25.7 Å². The Morgan fingerprint density at radius 2 is 2.08 bits per heavy atom. The monoisotopic (exact) mass is 341 g/mol. The molecule has 0 radical (unpaired) electrons. The first-order valence-corrected chi connectivity index (χ1v) is 8.38. The molecule has 1 N–H and O–H groups in total. The number of carbonyl (C=O) groups excluding carboxylic acids is 1. The number of nitrogens with one attached hydrogen (secondary N) is 1. The van der Waals surface area contributed by atoms with Gasteiger partial charge in [-0.1, -0.05) is 32.9 Å². The molecule has 6 nitrogen and oxygen atoms in total. The molecule has 0 saturated carbocycles. The minimum absolute atomic E-state index is 0.0612. The lowest BCUT2D eigenvalue weighted by Gasteiger charge is -2.13. The molecule has 0 spiro atoms. The number of carbonyl (C=O) groups is 1. The van der Waals surface area contributed by atoms with Crippen LogP contribution < -0.4 is 5.32 Å². The molecular formula is C17H19N5OS. The summed E-state index contributed by atoms with van der Waals surface area (Å²) in [5, 5.41) is 11.8. The number of amides is 1. The molecule has 2 aromatic heterocycles. The Hall–Kier alpha value is -2.54. The van der Waals surface area contributed by atoms with Crippen LogP contribution in [0.3, 0.4) is 0 Å². The normalized spacial score (nSPS) is 11.5. The lowest BCUT2D eigenvalue weighted by molar-refractivity contribution is 0.103. The number of thiazole rings is 1. The maximum absolute atomic E-state index is 12.4. The number of nitrogens with zero attached hydrogens (tertiary/aromatic N) is 4. The zero-order valence-corrected chi connectivity index (χ0v) is 14.9. The highest BCUT2D eigenvalue weighted by Gasteiger charge is 2.20. The quantitative estimate of drug-likeness (QED) is 0.791. The molecule has 0 aliphatic rings. The van der Waals surface area contributed by atoms with E-state index >= 15 is 0 Å². The van der Waals surface area contributed by atoms with E-state index < -0.39 is 0 Å². The Kier molecular flexibility index (Phi) is 4.19. The molecule has 3 rings (SSSR count). The van der Waals surface area contributed by atoms with Gasteiger partial charge < -0.3 is 9.88 Å². The SMILES string of the molecule is Cn1cnnc1-c1cccc(NC(=O)c2cnc(C(C)(C)C)s2)c1. The number of rotatable bonds is 3. The first-order valence-electron chi connectivity index (χ1n) is 7.57. The third kappa shape index (κ3) is 3.35. The van der Waals surface area contributed by atoms with Crippen LogP contribution in [0.1, 0.15) is 35.5 Å². The fraction of sp³-hybridized carbons (Fsp3) is 0.294. The third-order valence-corrected chi connectivity index (χ3v) is 4.88. The van der Waals surface area contributed by atoms with E-state index in [1.807, 2.05) is 35.9 Å². The predicted molar refractivity (Wildman–Crippen MR) is 95.2 cm³/mol. The van der Waals surface area contributed by atoms with Crippen LogP contribution in [0, 0.1) is 0 Å². The Bertz CT molecular complexity index is 875. The standard InChI is InChI=1S/C17H19N5OS/c1-17(2,3)16-18-9-13(24-16)15(23)20-12-7-5-6-11(8-12)14-21-19-10-22(14)4/h5-10H,1-4H3,(H,20,23). The smallest absolute Gasteiger partial charge is 0.267 e.